The number of methoxy groups -OCH3 is 1. The molecule has 0 saturated carbocycles. The second-order valence-electron chi connectivity index (χ2n) is 8.22. The molecule has 8 heteroatoms. The summed E-state index contributed by atoms with van der Waals surface area (Å²) in [6, 6.07) is 11.1. The highest BCUT2D eigenvalue weighted by atomic mass is 35.5. The van der Waals surface area contributed by atoms with Crippen molar-refractivity contribution in [3.63, 3.8) is 0 Å². The van der Waals surface area contributed by atoms with Crippen molar-refractivity contribution in [1.82, 2.24) is 9.80 Å². The minimum absolute atomic E-state index is 0.0476. The van der Waals surface area contributed by atoms with Gasteiger partial charge >= 0.3 is 0 Å². The number of ether oxygens (including phenoxy) is 2. The second-order valence-corrected chi connectivity index (χ2v) is 8.66. The van der Waals surface area contributed by atoms with Crippen LogP contribution in [0.15, 0.2) is 48.0 Å². The zero-order valence-electron chi connectivity index (χ0n) is 20.7. The number of nitrogens with zero attached hydrogens (tertiary/aromatic N) is 2. The van der Waals surface area contributed by atoms with Crippen molar-refractivity contribution < 1.29 is 24.2 Å². The summed E-state index contributed by atoms with van der Waals surface area (Å²) in [4.78, 5) is 30.2. The molecule has 1 heterocycles. The van der Waals surface area contributed by atoms with Crippen LogP contribution in [0.3, 0.4) is 0 Å². The van der Waals surface area contributed by atoms with E-state index in [0.29, 0.717) is 47.2 Å². The predicted molar refractivity (Wildman–Crippen MR) is 137 cm³/mol. The third kappa shape index (κ3) is 5.80. The van der Waals surface area contributed by atoms with Crippen molar-refractivity contribution >= 4 is 29.1 Å². The van der Waals surface area contributed by atoms with E-state index >= 15 is 0 Å². The molecule has 1 saturated heterocycles. The van der Waals surface area contributed by atoms with Gasteiger partial charge < -0.3 is 24.4 Å². The number of ketones is 1. The molecule has 1 atom stereocenters. The Morgan fingerprint density at radius 1 is 1.06 bits per heavy atom. The smallest absolute Gasteiger partial charge is 0.295 e. The summed E-state index contributed by atoms with van der Waals surface area (Å²) in [5.41, 5.74) is 1.12. The van der Waals surface area contributed by atoms with E-state index in [-0.39, 0.29) is 11.3 Å². The first-order chi connectivity index (χ1) is 16.9. The number of hydrogen-bond donors (Lipinski definition) is 1. The minimum atomic E-state index is -0.757. The van der Waals surface area contributed by atoms with E-state index in [1.165, 1.54) is 7.11 Å². The Morgan fingerprint density at radius 3 is 2.34 bits per heavy atom. The molecule has 1 aliphatic rings. The number of rotatable bonds is 11. The topological polar surface area (TPSA) is 79.3 Å². The molecule has 0 bridgehead atoms. The van der Waals surface area contributed by atoms with Gasteiger partial charge in [-0.05, 0) is 74.9 Å². The highest BCUT2D eigenvalue weighted by Crippen LogP contribution is 2.42. The van der Waals surface area contributed by atoms with Crippen molar-refractivity contribution in [3.8, 4) is 11.5 Å². The van der Waals surface area contributed by atoms with Gasteiger partial charge in [-0.25, -0.2) is 0 Å². The molecule has 1 amide bonds. The van der Waals surface area contributed by atoms with Gasteiger partial charge in [-0.1, -0.05) is 31.5 Å². The maximum atomic E-state index is 13.2. The Kier molecular flexibility index (Phi) is 9.18. The van der Waals surface area contributed by atoms with E-state index in [1.807, 2.05) is 6.92 Å². The predicted octanol–water partition coefficient (Wildman–Crippen LogP) is 4.90. The number of carbonyl (C=O) groups is 2. The number of hydrogen-bond acceptors (Lipinski definition) is 6. The lowest BCUT2D eigenvalue weighted by atomic mass is 9.95. The maximum absolute atomic E-state index is 13.2. The molecule has 0 spiro atoms. The van der Waals surface area contributed by atoms with Gasteiger partial charge in [0.25, 0.3) is 11.7 Å². The Morgan fingerprint density at radius 2 is 1.74 bits per heavy atom. The van der Waals surface area contributed by atoms with Crippen LogP contribution in [0.4, 0.5) is 0 Å². The zero-order chi connectivity index (χ0) is 25.5. The molecule has 0 aromatic heterocycles. The lowest BCUT2D eigenvalue weighted by molar-refractivity contribution is -0.140. The van der Waals surface area contributed by atoms with Crippen LogP contribution in [0, 0.1) is 0 Å². The lowest BCUT2D eigenvalue weighted by Gasteiger charge is -2.27. The number of amides is 1. The van der Waals surface area contributed by atoms with E-state index in [9.17, 15) is 14.7 Å². The van der Waals surface area contributed by atoms with Gasteiger partial charge in [0.2, 0.25) is 0 Å². The molecule has 3 rings (SSSR count). The van der Waals surface area contributed by atoms with E-state index in [1.54, 1.807) is 47.4 Å². The molecule has 1 fully saturated rings. The summed E-state index contributed by atoms with van der Waals surface area (Å²) in [5.74, 6) is -0.514. The highest BCUT2D eigenvalue weighted by molar-refractivity contribution is 6.46. The van der Waals surface area contributed by atoms with Gasteiger partial charge in [0, 0.05) is 17.1 Å². The lowest BCUT2D eigenvalue weighted by Crippen LogP contribution is -2.33. The average molecular weight is 501 g/mol. The maximum Gasteiger partial charge on any atom is 0.295 e. The van der Waals surface area contributed by atoms with E-state index in [0.717, 1.165) is 19.6 Å². The Hall–Kier alpha value is -3.03. The molecule has 2 aromatic carbocycles. The van der Waals surface area contributed by atoms with Crippen LogP contribution in [0.1, 0.15) is 44.4 Å². The quantitative estimate of drug-likeness (QED) is 0.268. The molecule has 35 heavy (non-hydrogen) atoms. The number of Topliss-reactive ketones (excluding diaryl/α,β-unsaturated/α-hetero) is 1. The van der Waals surface area contributed by atoms with Crippen molar-refractivity contribution in [2.24, 2.45) is 0 Å². The summed E-state index contributed by atoms with van der Waals surface area (Å²) in [6.45, 7) is 9.52. The van der Waals surface area contributed by atoms with Crippen LogP contribution < -0.4 is 9.47 Å². The number of aliphatic hydroxyl groups excluding tert-OH is 1. The van der Waals surface area contributed by atoms with E-state index < -0.39 is 17.7 Å². The van der Waals surface area contributed by atoms with Gasteiger partial charge in [0.1, 0.15) is 5.76 Å². The monoisotopic (exact) mass is 500 g/mol. The number of halogens is 1. The molecule has 7 nitrogen and oxygen atoms in total. The SMILES string of the molecule is CCOc1ccc([C@H]2C(=C(O)c3ccc(Cl)cc3)C(=O)C(=O)N2CCCN(CC)CC)cc1OC. The minimum Gasteiger partial charge on any atom is -0.507 e. The Bertz CT molecular complexity index is 1080. The normalized spacial score (nSPS) is 17.3. The van der Waals surface area contributed by atoms with Crippen LogP contribution in [0.5, 0.6) is 11.5 Å². The van der Waals surface area contributed by atoms with Gasteiger partial charge in [-0.2, -0.15) is 0 Å². The Labute approximate surface area is 211 Å². The third-order valence-electron chi connectivity index (χ3n) is 6.23. The fraction of sp³-hybridized carbons (Fsp3) is 0.407. The van der Waals surface area contributed by atoms with Gasteiger partial charge in [0.15, 0.2) is 11.5 Å². The number of aliphatic hydroxyl groups is 1. The standard InChI is InChI=1S/C27H33ClN2O5/c1-5-29(6-2)15-8-16-30-24(19-11-14-21(35-7-3)22(17-19)34-4)23(26(32)27(30)33)25(31)18-9-12-20(28)13-10-18/h9-14,17,24,31H,5-8,15-16H2,1-4H3/t24-/m0/s1. The van der Waals surface area contributed by atoms with Gasteiger partial charge in [0.05, 0.1) is 25.3 Å². The van der Waals surface area contributed by atoms with Gasteiger partial charge in [-0.15, -0.1) is 0 Å². The first-order valence-electron chi connectivity index (χ1n) is 11.9. The molecular weight excluding hydrogens is 468 g/mol. The van der Waals surface area contributed by atoms with Crippen molar-refractivity contribution in [2.75, 3.05) is 39.9 Å². The highest BCUT2D eigenvalue weighted by Gasteiger charge is 2.46. The second kappa shape index (κ2) is 12.1. The first-order valence-corrected chi connectivity index (χ1v) is 12.3. The van der Waals surface area contributed by atoms with Gasteiger partial charge in [-0.3, -0.25) is 9.59 Å². The number of likely N-dealkylation sites (tertiary alicyclic amines) is 1. The number of carbonyl (C=O) groups excluding carboxylic acids is 2. The summed E-state index contributed by atoms with van der Waals surface area (Å²) in [6.07, 6.45) is 0.695. The molecule has 1 aliphatic heterocycles. The largest absolute Gasteiger partial charge is 0.507 e. The Balaban J connectivity index is 2.08. The molecule has 0 radical (unpaired) electrons. The summed E-state index contributed by atoms with van der Waals surface area (Å²) in [5, 5.41) is 11.7. The fourth-order valence-electron chi connectivity index (χ4n) is 4.35. The van der Waals surface area contributed by atoms with Crippen LogP contribution in [-0.2, 0) is 9.59 Å². The number of benzene rings is 2. The zero-order valence-corrected chi connectivity index (χ0v) is 21.5. The molecule has 0 unspecified atom stereocenters. The molecule has 2 aromatic rings. The van der Waals surface area contributed by atoms with Crippen LogP contribution in [0.2, 0.25) is 5.02 Å². The molecule has 0 aliphatic carbocycles. The fourth-order valence-corrected chi connectivity index (χ4v) is 4.48. The third-order valence-corrected chi connectivity index (χ3v) is 6.48. The first kappa shape index (κ1) is 26.6. The van der Waals surface area contributed by atoms with Crippen LogP contribution in [-0.4, -0.2) is 66.5 Å². The average Bonchev–Trinajstić information content (AvgIpc) is 3.12. The van der Waals surface area contributed by atoms with Crippen molar-refractivity contribution in [3.05, 3.63) is 64.2 Å². The molecule has 188 valence electrons. The molecular formula is C27H33ClN2O5. The van der Waals surface area contributed by atoms with Crippen molar-refractivity contribution in [2.45, 2.75) is 33.2 Å². The molecule has 1 N–H and O–H groups in total. The summed E-state index contributed by atoms with van der Waals surface area (Å²) < 4.78 is 11.1. The van der Waals surface area contributed by atoms with E-state index in [4.69, 9.17) is 21.1 Å². The van der Waals surface area contributed by atoms with Crippen molar-refractivity contribution in [1.29, 1.82) is 0 Å². The summed E-state index contributed by atoms with van der Waals surface area (Å²) >= 11 is 6.00. The van der Waals surface area contributed by atoms with Crippen LogP contribution in [0.25, 0.3) is 5.76 Å². The summed E-state index contributed by atoms with van der Waals surface area (Å²) in [7, 11) is 1.54. The van der Waals surface area contributed by atoms with Crippen LogP contribution >= 0.6 is 11.6 Å². The van der Waals surface area contributed by atoms with E-state index in [2.05, 4.69) is 18.7 Å².